The standard InChI is InChI=1S/C18H23N3O2/c22-18(19-11-2-1-4-16-5-3-13-23-16)15-8-6-14(7-9-15)17-10-12-20-21-17/h6-10,12,16H,1-5,11,13H2,(H,19,22)(H,20,21). The number of nitrogens with one attached hydrogen (secondary N) is 2. The van der Waals surface area contributed by atoms with Gasteiger partial charge in [0.25, 0.3) is 5.91 Å². The molecule has 2 heterocycles. The van der Waals surface area contributed by atoms with Crippen LogP contribution in [-0.2, 0) is 4.74 Å². The second kappa shape index (κ2) is 7.92. The smallest absolute Gasteiger partial charge is 0.251 e. The quantitative estimate of drug-likeness (QED) is 0.772. The number of benzene rings is 1. The summed E-state index contributed by atoms with van der Waals surface area (Å²) in [7, 11) is 0. The van der Waals surface area contributed by atoms with E-state index in [1.165, 1.54) is 12.8 Å². The highest BCUT2D eigenvalue weighted by Crippen LogP contribution is 2.18. The maximum absolute atomic E-state index is 12.1. The second-order valence-corrected chi connectivity index (χ2v) is 5.93. The van der Waals surface area contributed by atoms with Crippen molar-refractivity contribution in [3.8, 4) is 11.3 Å². The van der Waals surface area contributed by atoms with Crippen molar-refractivity contribution < 1.29 is 9.53 Å². The molecule has 0 aliphatic carbocycles. The van der Waals surface area contributed by atoms with Crippen LogP contribution in [0.2, 0.25) is 0 Å². The summed E-state index contributed by atoms with van der Waals surface area (Å²) in [6, 6.07) is 9.46. The molecule has 1 aromatic heterocycles. The first-order valence-corrected chi connectivity index (χ1v) is 8.32. The molecule has 2 N–H and O–H groups in total. The molecule has 122 valence electrons. The molecule has 1 aliphatic heterocycles. The molecule has 5 nitrogen and oxygen atoms in total. The summed E-state index contributed by atoms with van der Waals surface area (Å²) in [5.74, 6) is -0.0155. The number of aromatic nitrogens is 2. The number of hydrogen-bond acceptors (Lipinski definition) is 3. The Balaban J connectivity index is 1.39. The monoisotopic (exact) mass is 313 g/mol. The molecule has 0 bridgehead atoms. The number of nitrogens with zero attached hydrogens (tertiary/aromatic N) is 1. The van der Waals surface area contributed by atoms with Crippen molar-refractivity contribution in [2.24, 2.45) is 0 Å². The van der Waals surface area contributed by atoms with Crippen molar-refractivity contribution >= 4 is 5.91 Å². The molecular weight excluding hydrogens is 290 g/mol. The van der Waals surface area contributed by atoms with Gasteiger partial charge < -0.3 is 10.1 Å². The molecule has 1 fully saturated rings. The fourth-order valence-electron chi connectivity index (χ4n) is 2.89. The van der Waals surface area contributed by atoms with Gasteiger partial charge in [0.05, 0.1) is 11.8 Å². The molecule has 5 heteroatoms. The van der Waals surface area contributed by atoms with Gasteiger partial charge in [-0.15, -0.1) is 0 Å². The van der Waals surface area contributed by atoms with Crippen LogP contribution in [0.25, 0.3) is 11.3 Å². The molecular formula is C18H23N3O2. The van der Waals surface area contributed by atoms with Gasteiger partial charge in [0.15, 0.2) is 0 Å². The maximum atomic E-state index is 12.1. The average molecular weight is 313 g/mol. The van der Waals surface area contributed by atoms with Crippen LogP contribution in [0.3, 0.4) is 0 Å². The highest BCUT2D eigenvalue weighted by Gasteiger charge is 2.14. The Morgan fingerprint density at radius 1 is 1.26 bits per heavy atom. The lowest BCUT2D eigenvalue weighted by Crippen LogP contribution is -2.24. The van der Waals surface area contributed by atoms with Gasteiger partial charge in [0.1, 0.15) is 0 Å². The molecule has 1 aromatic carbocycles. The van der Waals surface area contributed by atoms with Gasteiger partial charge in [-0.1, -0.05) is 12.1 Å². The third-order valence-corrected chi connectivity index (χ3v) is 4.22. The molecule has 1 atom stereocenters. The topological polar surface area (TPSA) is 67.0 Å². The Hall–Kier alpha value is -2.14. The van der Waals surface area contributed by atoms with E-state index in [0.29, 0.717) is 18.2 Å². The number of unbranched alkanes of at least 4 members (excludes halogenated alkanes) is 1. The Morgan fingerprint density at radius 2 is 2.13 bits per heavy atom. The lowest BCUT2D eigenvalue weighted by molar-refractivity contribution is 0.0947. The van der Waals surface area contributed by atoms with Crippen LogP contribution in [-0.4, -0.2) is 35.4 Å². The van der Waals surface area contributed by atoms with Gasteiger partial charge >= 0.3 is 0 Å². The summed E-state index contributed by atoms with van der Waals surface area (Å²) in [5.41, 5.74) is 2.66. The highest BCUT2D eigenvalue weighted by molar-refractivity contribution is 5.94. The number of amides is 1. The number of carbonyl (C=O) groups excluding carboxylic acids is 1. The van der Waals surface area contributed by atoms with Crippen LogP contribution in [0.5, 0.6) is 0 Å². The normalized spacial score (nSPS) is 17.3. The van der Waals surface area contributed by atoms with Gasteiger partial charge in [-0.2, -0.15) is 5.10 Å². The summed E-state index contributed by atoms with van der Waals surface area (Å²) >= 11 is 0. The van der Waals surface area contributed by atoms with E-state index in [9.17, 15) is 4.79 Å². The molecule has 1 unspecified atom stereocenters. The number of ether oxygens (including phenoxy) is 1. The fourth-order valence-corrected chi connectivity index (χ4v) is 2.89. The van der Waals surface area contributed by atoms with Crippen molar-refractivity contribution in [3.63, 3.8) is 0 Å². The first-order chi connectivity index (χ1) is 11.3. The first kappa shape index (κ1) is 15.7. The minimum absolute atomic E-state index is 0.0155. The van der Waals surface area contributed by atoms with E-state index in [1.54, 1.807) is 6.20 Å². The van der Waals surface area contributed by atoms with Gasteiger partial charge in [-0.25, -0.2) is 0 Å². The third kappa shape index (κ3) is 4.42. The molecule has 1 saturated heterocycles. The summed E-state index contributed by atoms with van der Waals surface area (Å²) in [6.07, 6.45) is 7.74. The predicted octanol–water partition coefficient (Wildman–Crippen LogP) is 3.16. The SMILES string of the molecule is O=C(NCCCCC1CCCO1)c1ccc(-c2ccn[nH]2)cc1. The van der Waals surface area contributed by atoms with Gasteiger partial charge in [-0.05, 0) is 55.9 Å². The van der Waals surface area contributed by atoms with Crippen molar-refractivity contribution in [1.82, 2.24) is 15.5 Å². The number of rotatable bonds is 7. The van der Waals surface area contributed by atoms with Crippen molar-refractivity contribution in [3.05, 3.63) is 42.1 Å². The molecule has 0 saturated carbocycles. The van der Waals surface area contributed by atoms with E-state index >= 15 is 0 Å². The van der Waals surface area contributed by atoms with E-state index in [4.69, 9.17) is 4.74 Å². The minimum Gasteiger partial charge on any atom is -0.378 e. The molecule has 3 rings (SSSR count). The molecule has 0 radical (unpaired) electrons. The fraction of sp³-hybridized carbons (Fsp3) is 0.444. The second-order valence-electron chi connectivity index (χ2n) is 5.93. The zero-order valence-corrected chi connectivity index (χ0v) is 13.3. The van der Waals surface area contributed by atoms with Crippen LogP contribution in [0.15, 0.2) is 36.5 Å². The molecule has 1 amide bonds. The number of aromatic amines is 1. The average Bonchev–Trinajstić information content (AvgIpc) is 3.28. The molecule has 1 aliphatic rings. The minimum atomic E-state index is -0.0155. The predicted molar refractivity (Wildman–Crippen MR) is 89.2 cm³/mol. The van der Waals surface area contributed by atoms with E-state index in [0.717, 1.165) is 37.1 Å². The lowest BCUT2D eigenvalue weighted by atomic mass is 10.1. The van der Waals surface area contributed by atoms with Crippen LogP contribution in [0, 0.1) is 0 Å². The van der Waals surface area contributed by atoms with E-state index < -0.39 is 0 Å². The van der Waals surface area contributed by atoms with E-state index in [1.807, 2.05) is 30.3 Å². The van der Waals surface area contributed by atoms with Crippen LogP contribution >= 0.6 is 0 Å². The largest absolute Gasteiger partial charge is 0.378 e. The number of H-pyrrole nitrogens is 1. The van der Waals surface area contributed by atoms with Crippen LogP contribution in [0.1, 0.15) is 42.5 Å². The number of carbonyl (C=O) groups is 1. The molecule has 23 heavy (non-hydrogen) atoms. The Labute approximate surface area is 136 Å². The lowest BCUT2D eigenvalue weighted by Gasteiger charge is -2.09. The Kier molecular flexibility index (Phi) is 5.42. The Morgan fingerprint density at radius 3 is 2.83 bits per heavy atom. The van der Waals surface area contributed by atoms with Crippen molar-refractivity contribution in [1.29, 1.82) is 0 Å². The van der Waals surface area contributed by atoms with E-state index in [2.05, 4.69) is 15.5 Å². The first-order valence-electron chi connectivity index (χ1n) is 8.32. The van der Waals surface area contributed by atoms with Crippen LogP contribution in [0.4, 0.5) is 0 Å². The van der Waals surface area contributed by atoms with Crippen molar-refractivity contribution in [2.75, 3.05) is 13.2 Å². The zero-order chi connectivity index (χ0) is 15.9. The molecule has 0 spiro atoms. The van der Waals surface area contributed by atoms with Gasteiger partial charge in [0.2, 0.25) is 0 Å². The van der Waals surface area contributed by atoms with Gasteiger partial charge in [-0.3, -0.25) is 9.89 Å². The van der Waals surface area contributed by atoms with E-state index in [-0.39, 0.29) is 5.91 Å². The maximum Gasteiger partial charge on any atom is 0.251 e. The van der Waals surface area contributed by atoms with Gasteiger partial charge in [0, 0.05) is 24.9 Å². The zero-order valence-electron chi connectivity index (χ0n) is 13.3. The number of hydrogen-bond donors (Lipinski definition) is 2. The summed E-state index contributed by atoms with van der Waals surface area (Å²) in [4.78, 5) is 12.1. The summed E-state index contributed by atoms with van der Waals surface area (Å²) in [5, 5.41) is 9.82. The van der Waals surface area contributed by atoms with Crippen LogP contribution < -0.4 is 5.32 Å². The third-order valence-electron chi connectivity index (χ3n) is 4.22. The molecule has 2 aromatic rings. The Bertz CT molecular complexity index is 602. The highest BCUT2D eigenvalue weighted by atomic mass is 16.5. The summed E-state index contributed by atoms with van der Waals surface area (Å²) < 4.78 is 5.60. The summed E-state index contributed by atoms with van der Waals surface area (Å²) in [6.45, 7) is 1.63. The van der Waals surface area contributed by atoms with Crippen molar-refractivity contribution in [2.45, 2.75) is 38.2 Å².